The van der Waals surface area contributed by atoms with Crippen molar-refractivity contribution < 1.29 is 43.1 Å². The van der Waals surface area contributed by atoms with Gasteiger partial charge in [0, 0.05) is 17.4 Å². The molecule has 2 aliphatic rings. The van der Waals surface area contributed by atoms with Crippen LogP contribution >= 0.6 is 0 Å². The number of esters is 2. The summed E-state index contributed by atoms with van der Waals surface area (Å²) in [5, 5.41) is 12.0. The number of benzene rings is 2. The molecule has 9 heteroatoms. The lowest BCUT2D eigenvalue weighted by atomic mass is 9.84. The average molecular weight is 470 g/mol. The summed E-state index contributed by atoms with van der Waals surface area (Å²) in [4.78, 5) is 26.3. The van der Waals surface area contributed by atoms with Gasteiger partial charge in [0.1, 0.15) is 23.2 Å². The number of rotatable bonds is 7. The number of aromatic hydroxyl groups is 1. The van der Waals surface area contributed by atoms with Crippen LogP contribution < -0.4 is 9.47 Å². The number of allylic oxidation sites excluding steroid dienone is 2. The largest absolute Gasteiger partial charge is 0.506 e. The molecule has 34 heavy (non-hydrogen) atoms. The van der Waals surface area contributed by atoms with Gasteiger partial charge in [-0.1, -0.05) is 6.08 Å². The summed E-state index contributed by atoms with van der Waals surface area (Å²) in [6.45, 7) is 3.57. The average Bonchev–Trinajstić information content (AvgIpc) is 3.31. The first kappa shape index (κ1) is 23.4. The summed E-state index contributed by atoms with van der Waals surface area (Å²) < 4.78 is 32.5. The van der Waals surface area contributed by atoms with Crippen molar-refractivity contribution in [3.05, 3.63) is 46.7 Å². The minimum Gasteiger partial charge on any atom is -0.506 e. The van der Waals surface area contributed by atoms with Crippen LogP contribution in [-0.2, 0) is 18.9 Å². The van der Waals surface area contributed by atoms with E-state index in [1.807, 2.05) is 0 Å². The SMILES string of the molecule is CCOC(=O)c1c(C(=O)OCC)c(C2=CC=C3OCOC3C2)c2cc(OC)c(OC)cc2c1O. The Hall–Kier alpha value is -3.72. The lowest BCUT2D eigenvalue weighted by molar-refractivity contribution is 0.0475. The van der Waals surface area contributed by atoms with Gasteiger partial charge in [0.05, 0.1) is 33.0 Å². The van der Waals surface area contributed by atoms with Crippen LogP contribution in [0, 0.1) is 0 Å². The van der Waals surface area contributed by atoms with Crippen LogP contribution in [0.3, 0.4) is 0 Å². The van der Waals surface area contributed by atoms with Crippen LogP contribution in [0.1, 0.15) is 46.5 Å². The molecule has 1 saturated heterocycles. The Balaban J connectivity index is 2.12. The standard InChI is InChI=1S/C25H26O9/c1-5-31-24(27)21-20(13-7-8-16-19(9-13)34-12-33-16)14-10-17(29-3)18(30-4)11-15(14)23(26)22(21)25(28)32-6-2/h7-8,10-11,19,26H,5-6,9,12H2,1-4H3. The molecule has 4 rings (SSSR count). The molecule has 0 bridgehead atoms. The summed E-state index contributed by atoms with van der Waals surface area (Å²) in [5.74, 6) is -0.575. The van der Waals surface area contributed by atoms with E-state index in [0.717, 1.165) is 0 Å². The molecule has 0 aromatic heterocycles. The van der Waals surface area contributed by atoms with Gasteiger partial charge in [-0.25, -0.2) is 9.59 Å². The van der Waals surface area contributed by atoms with Gasteiger partial charge in [0.2, 0.25) is 0 Å². The normalized spacial score (nSPS) is 16.8. The molecule has 0 spiro atoms. The maximum Gasteiger partial charge on any atom is 0.342 e. The number of phenolic OH excluding ortho intramolecular Hbond substituents is 1. The molecular weight excluding hydrogens is 444 g/mol. The molecule has 1 fully saturated rings. The molecule has 1 atom stereocenters. The summed E-state index contributed by atoms with van der Waals surface area (Å²) in [7, 11) is 2.95. The number of hydrogen-bond donors (Lipinski definition) is 1. The van der Waals surface area contributed by atoms with Crippen molar-refractivity contribution in [3.8, 4) is 17.2 Å². The van der Waals surface area contributed by atoms with Crippen molar-refractivity contribution in [3.63, 3.8) is 0 Å². The van der Waals surface area contributed by atoms with E-state index in [4.69, 9.17) is 28.4 Å². The summed E-state index contributed by atoms with van der Waals surface area (Å²) in [6, 6.07) is 3.22. The Morgan fingerprint density at radius 2 is 1.59 bits per heavy atom. The van der Waals surface area contributed by atoms with Gasteiger partial charge < -0.3 is 33.5 Å². The Kier molecular flexibility index (Phi) is 6.65. The van der Waals surface area contributed by atoms with Gasteiger partial charge >= 0.3 is 11.9 Å². The number of methoxy groups -OCH3 is 2. The lowest BCUT2D eigenvalue weighted by Crippen LogP contribution is -2.19. The molecule has 1 N–H and O–H groups in total. The van der Waals surface area contributed by atoms with Crippen LogP contribution in [-0.4, -0.2) is 57.4 Å². The number of hydrogen-bond acceptors (Lipinski definition) is 9. The van der Waals surface area contributed by atoms with Crippen LogP contribution in [0.25, 0.3) is 16.3 Å². The Labute approximate surface area is 196 Å². The monoisotopic (exact) mass is 470 g/mol. The minimum atomic E-state index is -0.839. The first-order valence-corrected chi connectivity index (χ1v) is 10.9. The van der Waals surface area contributed by atoms with Crippen LogP contribution in [0.15, 0.2) is 30.0 Å². The number of ether oxygens (including phenoxy) is 6. The fourth-order valence-corrected chi connectivity index (χ4v) is 4.25. The molecule has 0 radical (unpaired) electrons. The zero-order chi connectivity index (χ0) is 24.4. The molecule has 9 nitrogen and oxygen atoms in total. The molecule has 2 aromatic rings. The summed E-state index contributed by atoms with van der Waals surface area (Å²) in [5.41, 5.74) is 0.764. The predicted octanol–water partition coefficient (Wildman–Crippen LogP) is 3.96. The quantitative estimate of drug-likeness (QED) is 0.601. The number of carbonyl (C=O) groups excluding carboxylic acids is 2. The van der Waals surface area contributed by atoms with E-state index in [0.29, 0.717) is 45.6 Å². The third-order valence-corrected chi connectivity index (χ3v) is 5.73. The van der Waals surface area contributed by atoms with Crippen molar-refractivity contribution >= 4 is 28.3 Å². The lowest BCUT2D eigenvalue weighted by Gasteiger charge is -2.23. The van der Waals surface area contributed by atoms with E-state index in [9.17, 15) is 14.7 Å². The molecular formula is C25H26O9. The highest BCUT2D eigenvalue weighted by molar-refractivity contribution is 6.16. The Morgan fingerprint density at radius 1 is 0.971 bits per heavy atom. The fourth-order valence-electron chi connectivity index (χ4n) is 4.25. The van der Waals surface area contributed by atoms with Gasteiger partial charge in [-0.15, -0.1) is 0 Å². The van der Waals surface area contributed by atoms with Gasteiger partial charge in [-0.3, -0.25) is 0 Å². The van der Waals surface area contributed by atoms with E-state index in [1.165, 1.54) is 14.2 Å². The second-order valence-electron chi connectivity index (χ2n) is 7.55. The van der Waals surface area contributed by atoms with Crippen molar-refractivity contribution in [2.45, 2.75) is 26.4 Å². The molecule has 1 heterocycles. The van der Waals surface area contributed by atoms with Crippen molar-refractivity contribution in [2.75, 3.05) is 34.2 Å². The molecule has 0 amide bonds. The molecule has 1 aliphatic heterocycles. The Morgan fingerprint density at radius 3 is 2.21 bits per heavy atom. The highest BCUT2D eigenvalue weighted by atomic mass is 16.7. The Bertz CT molecular complexity index is 1210. The first-order chi connectivity index (χ1) is 16.4. The third-order valence-electron chi connectivity index (χ3n) is 5.73. The van der Waals surface area contributed by atoms with Gasteiger partial charge in [-0.05, 0) is 43.0 Å². The van der Waals surface area contributed by atoms with Crippen LogP contribution in [0.5, 0.6) is 17.2 Å². The minimum absolute atomic E-state index is 0.0574. The highest BCUT2D eigenvalue weighted by Crippen LogP contribution is 2.46. The number of carbonyl (C=O) groups is 2. The summed E-state index contributed by atoms with van der Waals surface area (Å²) >= 11 is 0. The number of fused-ring (bicyclic) bond motifs is 2. The third kappa shape index (κ3) is 3.92. The van der Waals surface area contributed by atoms with Crippen molar-refractivity contribution in [1.29, 1.82) is 0 Å². The van der Waals surface area contributed by atoms with Gasteiger partial charge in [0.25, 0.3) is 0 Å². The summed E-state index contributed by atoms with van der Waals surface area (Å²) in [6.07, 6.45) is 3.63. The van der Waals surface area contributed by atoms with Crippen LogP contribution in [0.4, 0.5) is 0 Å². The molecule has 180 valence electrons. The molecule has 1 aliphatic carbocycles. The van der Waals surface area contributed by atoms with Crippen molar-refractivity contribution in [1.82, 2.24) is 0 Å². The van der Waals surface area contributed by atoms with Crippen LogP contribution in [0.2, 0.25) is 0 Å². The van der Waals surface area contributed by atoms with Crippen molar-refractivity contribution in [2.24, 2.45) is 0 Å². The van der Waals surface area contributed by atoms with Gasteiger partial charge in [-0.2, -0.15) is 0 Å². The fraction of sp³-hybridized carbons (Fsp3) is 0.360. The topological polar surface area (TPSA) is 110 Å². The maximum absolute atomic E-state index is 13.2. The van der Waals surface area contributed by atoms with E-state index in [1.54, 1.807) is 38.1 Å². The molecule has 1 unspecified atom stereocenters. The van der Waals surface area contributed by atoms with E-state index < -0.39 is 17.7 Å². The molecule has 2 aromatic carbocycles. The number of phenols is 1. The zero-order valence-electron chi connectivity index (χ0n) is 19.4. The molecule has 0 saturated carbocycles. The highest BCUT2D eigenvalue weighted by Gasteiger charge is 2.35. The zero-order valence-corrected chi connectivity index (χ0v) is 19.4. The predicted molar refractivity (Wildman–Crippen MR) is 122 cm³/mol. The van der Waals surface area contributed by atoms with E-state index >= 15 is 0 Å². The first-order valence-electron chi connectivity index (χ1n) is 10.9. The second kappa shape index (κ2) is 9.64. The van der Waals surface area contributed by atoms with E-state index in [-0.39, 0.29) is 37.2 Å². The second-order valence-corrected chi connectivity index (χ2v) is 7.55. The van der Waals surface area contributed by atoms with Gasteiger partial charge in [0.15, 0.2) is 18.3 Å². The smallest absolute Gasteiger partial charge is 0.342 e. The maximum atomic E-state index is 13.2. The van der Waals surface area contributed by atoms with E-state index in [2.05, 4.69) is 0 Å².